The number of hydrogen-bond donors (Lipinski definition) is 2. The molecular formula is C30H38F4N8O2. The molecule has 0 unspecified atom stereocenters. The summed E-state index contributed by atoms with van der Waals surface area (Å²) in [7, 11) is 0. The summed E-state index contributed by atoms with van der Waals surface area (Å²) < 4.78 is 64.5. The smallest absolute Gasteiger partial charge is 0.379 e. The van der Waals surface area contributed by atoms with E-state index in [1.807, 2.05) is 41.5 Å². The molecule has 2 atom stereocenters. The number of nitrogens with one attached hydrogen (secondary N) is 2. The van der Waals surface area contributed by atoms with Crippen LogP contribution in [-0.2, 0) is 18.6 Å². The molecule has 0 radical (unpaired) electrons. The second kappa shape index (κ2) is 11.5. The fourth-order valence-corrected chi connectivity index (χ4v) is 5.32. The summed E-state index contributed by atoms with van der Waals surface area (Å²) >= 11 is 0. The summed E-state index contributed by atoms with van der Waals surface area (Å²) in [6.45, 7) is 11.5. The average molecular weight is 619 g/mol. The van der Waals surface area contributed by atoms with E-state index in [4.69, 9.17) is 4.52 Å². The first-order chi connectivity index (χ1) is 20.5. The molecule has 0 saturated carbocycles. The summed E-state index contributed by atoms with van der Waals surface area (Å²) in [4.78, 5) is 19.0. The summed E-state index contributed by atoms with van der Waals surface area (Å²) in [6.07, 6.45) is -2.09. The van der Waals surface area contributed by atoms with E-state index in [2.05, 4.69) is 30.8 Å². The number of nitrogens with zero attached hydrogens (tertiary/aromatic N) is 6. The quantitative estimate of drug-likeness (QED) is 0.254. The molecular weight excluding hydrogens is 580 g/mol. The Morgan fingerprint density at radius 2 is 1.86 bits per heavy atom. The molecule has 1 aliphatic heterocycles. The van der Waals surface area contributed by atoms with Crippen LogP contribution in [0.5, 0.6) is 0 Å². The highest BCUT2D eigenvalue weighted by molar-refractivity contribution is 5.96. The molecule has 4 aromatic rings. The number of amides is 1. The molecule has 1 amide bonds. The van der Waals surface area contributed by atoms with Gasteiger partial charge in [0.05, 0.1) is 41.1 Å². The zero-order chi connectivity index (χ0) is 32.0. The van der Waals surface area contributed by atoms with E-state index < -0.39 is 30.8 Å². The highest BCUT2D eigenvalue weighted by Crippen LogP contribution is 2.35. The molecule has 0 aliphatic carbocycles. The second-order valence-corrected chi connectivity index (χ2v) is 13.2. The Morgan fingerprint density at radius 1 is 1.11 bits per heavy atom. The SMILES string of the molecule is CC(C)(C)N1CC[C@@H](Nc2cccc3c2cc(-c2noc(CNC(=O)c4cnn(C(C)(C)C)c4)n2)n3CC(F)(F)F)[C@@H](F)C1. The summed E-state index contributed by atoms with van der Waals surface area (Å²) in [5.74, 6) is -0.464. The van der Waals surface area contributed by atoms with Crippen molar-refractivity contribution in [3.8, 4) is 11.5 Å². The van der Waals surface area contributed by atoms with Crippen molar-refractivity contribution in [3.63, 3.8) is 0 Å². The van der Waals surface area contributed by atoms with Gasteiger partial charge < -0.3 is 19.7 Å². The number of halogens is 4. The maximum absolute atomic E-state index is 15.3. The molecule has 0 spiro atoms. The lowest BCUT2D eigenvalue weighted by molar-refractivity contribution is -0.139. The molecule has 3 aromatic heterocycles. The number of anilines is 1. The van der Waals surface area contributed by atoms with Gasteiger partial charge in [-0.3, -0.25) is 14.4 Å². The van der Waals surface area contributed by atoms with Gasteiger partial charge >= 0.3 is 6.18 Å². The Bertz CT molecular complexity index is 1630. The Kier molecular flexibility index (Phi) is 8.25. The minimum atomic E-state index is -4.54. The minimum absolute atomic E-state index is 0.0182. The summed E-state index contributed by atoms with van der Waals surface area (Å²) in [5.41, 5.74) is 0.764. The van der Waals surface area contributed by atoms with Crippen LogP contribution in [0.3, 0.4) is 0 Å². The lowest BCUT2D eigenvalue weighted by atomic mass is 9.96. The Morgan fingerprint density at radius 3 is 2.50 bits per heavy atom. The van der Waals surface area contributed by atoms with E-state index in [1.165, 1.54) is 6.20 Å². The van der Waals surface area contributed by atoms with Gasteiger partial charge in [-0.05, 0) is 66.2 Å². The van der Waals surface area contributed by atoms with Crippen LogP contribution in [0.1, 0.15) is 64.2 Å². The Balaban J connectivity index is 1.38. The number of aromatic nitrogens is 5. The van der Waals surface area contributed by atoms with E-state index in [0.717, 1.165) is 4.57 Å². The van der Waals surface area contributed by atoms with Gasteiger partial charge in [-0.25, -0.2) is 4.39 Å². The highest BCUT2D eigenvalue weighted by Gasteiger charge is 2.35. The van der Waals surface area contributed by atoms with Crippen LogP contribution >= 0.6 is 0 Å². The largest absolute Gasteiger partial charge is 0.406 e. The second-order valence-electron chi connectivity index (χ2n) is 13.2. The lowest BCUT2D eigenvalue weighted by Crippen LogP contribution is -2.54. The van der Waals surface area contributed by atoms with Crippen LogP contribution in [0, 0.1) is 0 Å². The third-order valence-corrected chi connectivity index (χ3v) is 7.74. The normalized spacial score (nSPS) is 18.6. The topological polar surface area (TPSA) is 106 Å². The van der Waals surface area contributed by atoms with Crippen LogP contribution in [-0.4, -0.2) is 72.3 Å². The minimum Gasteiger partial charge on any atom is -0.379 e. The highest BCUT2D eigenvalue weighted by atomic mass is 19.4. The van der Waals surface area contributed by atoms with Crippen LogP contribution in [0.2, 0.25) is 0 Å². The molecule has 5 rings (SSSR count). The Hall–Kier alpha value is -3.94. The van der Waals surface area contributed by atoms with Crippen molar-refractivity contribution in [1.29, 1.82) is 0 Å². The number of piperidine rings is 1. The van der Waals surface area contributed by atoms with Gasteiger partial charge in [0.25, 0.3) is 5.91 Å². The molecule has 1 fully saturated rings. The summed E-state index contributed by atoms with van der Waals surface area (Å²) in [5, 5.41) is 14.5. The number of fused-ring (bicyclic) bond motifs is 1. The molecule has 0 bridgehead atoms. The van der Waals surface area contributed by atoms with Crippen molar-refractivity contribution in [2.24, 2.45) is 0 Å². The standard InChI is InChI=1S/C30H38F4N8O2/c1-28(2,3)40-11-10-22(20(31)16-40)37-21-8-7-9-23-19(21)12-24(41(23)17-30(32,33)34)26-38-25(44-39-26)14-35-27(43)18-13-36-42(15-18)29(4,5)6/h7-9,12-13,15,20,22,37H,10-11,14,16-17H2,1-6H3,(H,35,43)/t20-,22+/m0/s1. The third-order valence-electron chi connectivity index (χ3n) is 7.74. The molecule has 14 heteroatoms. The molecule has 44 heavy (non-hydrogen) atoms. The van der Waals surface area contributed by atoms with E-state index >= 15 is 4.39 Å². The zero-order valence-corrected chi connectivity index (χ0v) is 25.7. The van der Waals surface area contributed by atoms with Crippen molar-refractivity contribution in [2.45, 2.75) is 90.5 Å². The Labute approximate surface area is 252 Å². The van der Waals surface area contributed by atoms with Crippen LogP contribution in [0.25, 0.3) is 22.4 Å². The number of alkyl halides is 4. The predicted molar refractivity (Wildman–Crippen MR) is 158 cm³/mol. The van der Waals surface area contributed by atoms with E-state index in [1.54, 1.807) is 35.1 Å². The average Bonchev–Trinajstić information content (AvgIpc) is 3.66. The van der Waals surface area contributed by atoms with E-state index in [9.17, 15) is 18.0 Å². The number of benzene rings is 1. The number of carbonyl (C=O) groups is 1. The molecule has 10 nitrogen and oxygen atoms in total. The molecule has 2 N–H and O–H groups in total. The van der Waals surface area contributed by atoms with Crippen molar-refractivity contribution in [1.82, 2.24) is 34.7 Å². The molecule has 1 aliphatic rings. The monoisotopic (exact) mass is 618 g/mol. The van der Waals surface area contributed by atoms with Gasteiger partial charge in [0, 0.05) is 35.9 Å². The van der Waals surface area contributed by atoms with Gasteiger partial charge in [0.1, 0.15) is 12.7 Å². The molecule has 1 aromatic carbocycles. The predicted octanol–water partition coefficient (Wildman–Crippen LogP) is 5.76. The van der Waals surface area contributed by atoms with Crippen molar-refractivity contribution in [2.75, 3.05) is 18.4 Å². The van der Waals surface area contributed by atoms with Gasteiger partial charge in [0.2, 0.25) is 11.7 Å². The van der Waals surface area contributed by atoms with Crippen LogP contribution in [0.4, 0.5) is 23.2 Å². The van der Waals surface area contributed by atoms with Crippen molar-refractivity contribution < 1.29 is 26.9 Å². The van der Waals surface area contributed by atoms with Gasteiger partial charge in [-0.2, -0.15) is 23.3 Å². The van der Waals surface area contributed by atoms with E-state index in [0.29, 0.717) is 35.1 Å². The fourth-order valence-electron chi connectivity index (χ4n) is 5.32. The number of rotatable bonds is 7. The van der Waals surface area contributed by atoms with Crippen molar-refractivity contribution in [3.05, 3.63) is 48.1 Å². The first-order valence-corrected chi connectivity index (χ1v) is 14.5. The number of carbonyl (C=O) groups excluding carboxylic acids is 1. The van der Waals surface area contributed by atoms with Gasteiger partial charge in [-0.1, -0.05) is 11.2 Å². The van der Waals surface area contributed by atoms with Gasteiger partial charge in [-0.15, -0.1) is 0 Å². The maximum atomic E-state index is 15.3. The maximum Gasteiger partial charge on any atom is 0.406 e. The molecule has 238 valence electrons. The zero-order valence-electron chi connectivity index (χ0n) is 25.7. The molecule has 4 heterocycles. The first-order valence-electron chi connectivity index (χ1n) is 14.5. The summed E-state index contributed by atoms with van der Waals surface area (Å²) in [6, 6.07) is 5.99. The van der Waals surface area contributed by atoms with Gasteiger partial charge in [0.15, 0.2) is 0 Å². The lowest BCUT2D eigenvalue weighted by Gasteiger charge is -2.42. The third kappa shape index (κ3) is 6.90. The number of hydrogen-bond acceptors (Lipinski definition) is 7. The van der Waals surface area contributed by atoms with Crippen LogP contribution in [0.15, 0.2) is 41.2 Å². The number of likely N-dealkylation sites (tertiary alicyclic amines) is 1. The van der Waals surface area contributed by atoms with E-state index in [-0.39, 0.29) is 41.6 Å². The van der Waals surface area contributed by atoms with Crippen molar-refractivity contribution >= 4 is 22.5 Å². The molecule has 1 saturated heterocycles. The fraction of sp³-hybridized carbons (Fsp3) is 0.533. The first kappa shape index (κ1) is 31.5. The van der Waals surface area contributed by atoms with Crippen LogP contribution < -0.4 is 10.6 Å².